The molecule has 0 amide bonds. The summed E-state index contributed by atoms with van der Waals surface area (Å²) in [6, 6.07) is 12.2. The molecule has 0 aliphatic rings. The van der Waals surface area contributed by atoms with Gasteiger partial charge in [0.1, 0.15) is 5.76 Å². The molecule has 7 heteroatoms. The first-order valence-electron chi connectivity index (χ1n) is 9.65. The average Bonchev–Trinajstić information content (AvgIpc) is 3.11. The summed E-state index contributed by atoms with van der Waals surface area (Å²) in [6.45, 7) is 4.63. The SMILES string of the molecule is CC[C@H](COC)C(=N)CCc1nc(-c2ccc(-c3ccncc3)cc2)oc1C.Cl.Cl. The van der Waals surface area contributed by atoms with Crippen molar-refractivity contribution in [2.75, 3.05) is 13.7 Å². The van der Waals surface area contributed by atoms with Crippen LogP contribution in [0, 0.1) is 18.3 Å². The molecule has 1 N–H and O–H groups in total. The summed E-state index contributed by atoms with van der Waals surface area (Å²) in [5.41, 5.74) is 4.85. The summed E-state index contributed by atoms with van der Waals surface area (Å²) < 4.78 is 11.1. The summed E-state index contributed by atoms with van der Waals surface area (Å²) in [7, 11) is 1.68. The molecule has 2 aromatic heterocycles. The number of nitrogens with one attached hydrogen (secondary N) is 1. The Labute approximate surface area is 190 Å². The Bertz CT molecular complexity index is 912. The quantitative estimate of drug-likeness (QED) is 0.395. The normalized spacial score (nSPS) is 11.3. The molecule has 0 saturated heterocycles. The van der Waals surface area contributed by atoms with E-state index in [0.717, 1.165) is 40.3 Å². The monoisotopic (exact) mass is 449 g/mol. The van der Waals surface area contributed by atoms with E-state index in [0.29, 0.717) is 25.3 Å². The number of oxazole rings is 1. The lowest BCUT2D eigenvalue weighted by molar-refractivity contribution is 0.173. The van der Waals surface area contributed by atoms with Crippen LogP contribution in [0.25, 0.3) is 22.6 Å². The van der Waals surface area contributed by atoms with Gasteiger partial charge in [-0.25, -0.2) is 4.98 Å². The van der Waals surface area contributed by atoms with Gasteiger partial charge in [0.05, 0.1) is 12.3 Å². The van der Waals surface area contributed by atoms with E-state index in [1.165, 1.54) is 0 Å². The van der Waals surface area contributed by atoms with Gasteiger partial charge < -0.3 is 14.6 Å². The van der Waals surface area contributed by atoms with Crippen molar-refractivity contribution >= 4 is 30.5 Å². The van der Waals surface area contributed by atoms with Gasteiger partial charge in [-0.2, -0.15) is 0 Å². The zero-order valence-electron chi connectivity index (χ0n) is 17.6. The van der Waals surface area contributed by atoms with E-state index < -0.39 is 0 Å². The lowest BCUT2D eigenvalue weighted by atomic mass is 9.97. The van der Waals surface area contributed by atoms with E-state index in [9.17, 15) is 0 Å². The van der Waals surface area contributed by atoms with Gasteiger partial charge in [0.25, 0.3) is 0 Å². The number of rotatable bonds is 9. The van der Waals surface area contributed by atoms with Crippen LogP contribution in [0.1, 0.15) is 31.2 Å². The molecule has 1 aromatic carbocycles. The van der Waals surface area contributed by atoms with Crippen molar-refractivity contribution in [2.45, 2.75) is 33.1 Å². The summed E-state index contributed by atoms with van der Waals surface area (Å²) in [5.74, 6) is 1.63. The molecule has 162 valence electrons. The minimum absolute atomic E-state index is 0. The Balaban J connectivity index is 0.00000225. The van der Waals surface area contributed by atoms with Crippen LogP contribution in [-0.4, -0.2) is 29.4 Å². The van der Waals surface area contributed by atoms with Gasteiger partial charge in [0.15, 0.2) is 0 Å². The van der Waals surface area contributed by atoms with Crippen LogP contribution >= 0.6 is 24.8 Å². The van der Waals surface area contributed by atoms with Gasteiger partial charge in [-0.1, -0.05) is 19.1 Å². The minimum Gasteiger partial charge on any atom is -0.441 e. The summed E-state index contributed by atoms with van der Waals surface area (Å²) >= 11 is 0. The number of hydrogen-bond acceptors (Lipinski definition) is 5. The lowest BCUT2D eigenvalue weighted by Gasteiger charge is -2.14. The van der Waals surface area contributed by atoms with Crippen molar-refractivity contribution in [1.82, 2.24) is 9.97 Å². The predicted molar refractivity (Wildman–Crippen MR) is 126 cm³/mol. The third kappa shape index (κ3) is 6.39. The van der Waals surface area contributed by atoms with Gasteiger partial charge in [0, 0.05) is 36.7 Å². The molecule has 0 fully saturated rings. The first-order valence-corrected chi connectivity index (χ1v) is 9.65. The third-order valence-electron chi connectivity index (χ3n) is 5.02. The molecule has 30 heavy (non-hydrogen) atoms. The van der Waals surface area contributed by atoms with Gasteiger partial charge >= 0.3 is 0 Å². The fraction of sp³-hybridized carbons (Fsp3) is 0.348. The number of hydrogen-bond donors (Lipinski definition) is 1. The molecule has 0 saturated carbocycles. The Morgan fingerprint density at radius 1 is 1.03 bits per heavy atom. The summed E-state index contributed by atoms with van der Waals surface area (Å²) in [5, 5.41) is 8.30. The van der Waals surface area contributed by atoms with Crippen molar-refractivity contribution in [3.05, 3.63) is 60.2 Å². The molecule has 0 aliphatic heterocycles. The average molecular weight is 450 g/mol. The number of aromatic nitrogens is 2. The number of ether oxygens (including phenoxy) is 1. The number of halogens is 2. The second kappa shape index (κ2) is 12.5. The number of methoxy groups -OCH3 is 1. The maximum Gasteiger partial charge on any atom is 0.226 e. The minimum atomic E-state index is 0. The highest BCUT2D eigenvalue weighted by Crippen LogP contribution is 2.26. The van der Waals surface area contributed by atoms with Crippen LogP contribution in [0.3, 0.4) is 0 Å². The van der Waals surface area contributed by atoms with E-state index in [2.05, 4.69) is 29.0 Å². The summed E-state index contributed by atoms with van der Waals surface area (Å²) in [6.07, 6.45) is 5.89. The second-order valence-electron chi connectivity index (χ2n) is 6.92. The van der Waals surface area contributed by atoms with E-state index in [4.69, 9.17) is 14.6 Å². The molecule has 0 radical (unpaired) electrons. The first kappa shape index (κ1) is 25.8. The van der Waals surface area contributed by atoms with Crippen molar-refractivity contribution < 1.29 is 9.15 Å². The molecule has 2 heterocycles. The van der Waals surface area contributed by atoms with Crippen molar-refractivity contribution in [3.63, 3.8) is 0 Å². The van der Waals surface area contributed by atoms with Gasteiger partial charge in [-0.05, 0) is 61.6 Å². The van der Waals surface area contributed by atoms with E-state index in [-0.39, 0.29) is 30.7 Å². The predicted octanol–water partition coefficient (Wildman–Crippen LogP) is 6.18. The van der Waals surface area contributed by atoms with Crippen molar-refractivity contribution in [1.29, 1.82) is 5.41 Å². The molecule has 1 atom stereocenters. The van der Waals surface area contributed by atoms with E-state index in [1.54, 1.807) is 19.5 Å². The molecular weight excluding hydrogens is 421 g/mol. The smallest absolute Gasteiger partial charge is 0.226 e. The Hall–Kier alpha value is -2.21. The Kier molecular flexibility index (Phi) is 10.7. The molecule has 5 nitrogen and oxygen atoms in total. The number of benzene rings is 1. The van der Waals surface area contributed by atoms with E-state index >= 15 is 0 Å². The highest BCUT2D eigenvalue weighted by atomic mass is 35.5. The number of aryl methyl sites for hydroxylation is 2. The molecule has 0 bridgehead atoms. The molecule has 3 aromatic rings. The highest BCUT2D eigenvalue weighted by molar-refractivity contribution is 5.85. The van der Waals surface area contributed by atoms with Crippen LogP contribution in [0.15, 0.2) is 53.2 Å². The zero-order chi connectivity index (χ0) is 19.9. The molecule has 3 rings (SSSR count). The Morgan fingerprint density at radius 2 is 1.63 bits per heavy atom. The molecule has 0 unspecified atom stereocenters. The topological polar surface area (TPSA) is 72.0 Å². The largest absolute Gasteiger partial charge is 0.441 e. The number of pyridine rings is 1. The van der Waals surface area contributed by atoms with Crippen molar-refractivity contribution in [2.24, 2.45) is 5.92 Å². The van der Waals surface area contributed by atoms with Crippen LogP contribution in [-0.2, 0) is 11.2 Å². The number of nitrogens with zero attached hydrogens (tertiary/aromatic N) is 2. The maximum absolute atomic E-state index is 8.30. The van der Waals surface area contributed by atoms with Crippen LogP contribution in [0.5, 0.6) is 0 Å². The standard InChI is InChI=1S/C23H27N3O2.2ClH/c1-4-17(15-27-3)21(24)9-10-22-16(2)28-23(26-22)20-7-5-18(6-8-20)19-11-13-25-14-12-19;;/h5-8,11-14,17,24H,4,9-10,15H2,1-3H3;2*1H/t17-;;/m1../s1. The first-order chi connectivity index (χ1) is 13.6. The van der Waals surface area contributed by atoms with Gasteiger partial charge in [0.2, 0.25) is 5.89 Å². The fourth-order valence-electron chi connectivity index (χ4n) is 3.26. The van der Waals surface area contributed by atoms with Crippen LogP contribution in [0.4, 0.5) is 0 Å². The van der Waals surface area contributed by atoms with Crippen molar-refractivity contribution in [3.8, 4) is 22.6 Å². The van der Waals surface area contributed by atoms with Crippen LogP contribution < -0.4 is 0 Å². The van der Waals surface area contributed by atoms with Crippen LogP contribution in [0.2, 0.25) is 0 Å². The van der Waals surface area contributed by atoms with Gasteiger partial charge in [-0.3, -0.25) is 4.98 Å². The maximum atomic E-state index is 8.30. The second-order valence-corrected chi connectivity index (χ2v) is 6.92. The fourth-order valence-corrected chi connectivity index (χ4v) is 3.26. The molecular formula is C23H29Cl2N3O2. The summed E-state index contributed by atoms with van der Waals surface area (Å²) in [4.78, 5) is 8.74. The molecule has 0 aliphatic carbocycles. The highest BCUT2D eigenvalue weighted by Gasteiger charge is 2.16. The zero-order valence-corrected chi connectivity index (χ0v) is 19.2. The third-order valence-corrected chi connectivity index (χ3v) is 5.02. The van der Waals surface area contributed by atoms with E-state index in [1.807, 2.05) is 31.2 Å². The molecule has 0 spiro atoms. The van der Waals surface area contributed by atoms with Gasteiger partial charge in [-0.15, -0.1) is 24.8 Å². The lowest BCUT2D eigenvalue weighted by Crippen LogP contribution is -2.18. The Morgan fingerprint density at radius 3 is 2.23 bits per heavy atom.